The summed E-state index contributed by atoms with van der Waals surface area (Å²) in [5, 5.41) is 2.54. The lowest BCUT2D eigenvalue weighted by Crippen LogP contribution is -2.44. The molecule has 0 unspecified atom stereocenters. The quantitative estimate of drug-likeness (QED) is 0.604. The number of hydrogen-bond acceptors (Lipinski definition) is 3. The minimum atomic E-state index is -0.723. The van der Waals surface area contributed by atoms with Crippen LogP contribution in [-0.4, -0.2) is 17.8 Å². The predicted octanol–water partition coefficient (Wildman–Crippen LogP) is 1.74. The van der Waals surface area contributed by atoms with Gasteiger partial charge in [-0.05, 0) is 48.1 Å². The molecule has 7 nitrogen and oxygen atoms in total. The first-order chi connectivity index (χ1) is 13.0. The number of amides is 4. The molecule has 0 aliphatic heterocycles. The van der Waals surface area contributed by atoms with E-state index in [0.717, 1.165) is 24.8 Å². The Morgan fingerprint density at radius 2 is 1.70 bits per heavy atom. The topological polar surface area (TPSA) is 113 Å². The van der Waals surface area contributed by atoms with Crippen LogP contribution in [0.1, 0.15) is 45.9 Å². The number of fused-ring (bicyclic) bond motifs is 1. The Bertz CT molecular complexity index is 852. The molecule has 0 bridgehead atoms. The number of hydrazine groups is 1. The van der Waals surface area contributed by atoms with Crippen LogP contribution in [0.5, 0.6) is 0 Å². The molecule has 27 heavy (non-hydrogen) atoms. The van der Waals surface area contributed by atoms with Crippen LogP contribution in [-0.2, 0) is 17.6 Å². The van der Waals surface area contributed by atoms with Gasteiger partial charge in [0, 0.05) is 5.56 Å². The lowest BCUT2D eigenvalue weighted by Gasteiger charge is -2.18. The fourth-order valence-corrected chi connectivity index (χ4v) is 3.26. The minimum Gasteiger partial charge on any atom is -0.352 e. The Kier molecular flexibility index (Phi) is 5.71. The molecule has 0 saturated carbocycles. The molecular weight excluding hydrogens is 344 g/mol. The summed E-state index contributed by atoms with van der Waals surface area (Å²) in [5.74, 6) is -0.815. The summed E-state index contributed by atoms with van der Waals surface area (Å²) in [4.78, 5) is 35.7. The molecule has 7 heteroatoms. The third kappa shape index (κ3) is 4.84. The first-order valence-corrected chi connectivity index (χ1v) is 8.85. The predicted molar refractivity (Wildman–Crippen MR) is 101 cm³/mol. The van der Waals surface area contributed by atoms with Crippen LogP contribution >= 0.6 is 0 Å². The summed E-state index contributed by atoms with van der Waals surface area (Å²) >= 11 is 0. The maximum absolute atomic E-state index is 12.3. The number of nitrogens with two attached hydrogens (primary N) is 1. The van der Waals surface area contributed by atoms with Gasteiger partial charge in [-0.1, -0.05) is 36.4 Å². The number of primary amides is 1. The van der Waals surface area contributed by atoms with E-state index in [4.69, 9.17) is 5.73 Å². The summed E-state index contributed by atoms with van der Waals surface area (Å²) in [6.45, 7) is 0. The largest absolute Gasteiger partial charge is 0.352 e. The second-order valence-electron chi connectivity index (χ2n) is 6.52. The number of urea groups is 1. The van der Waals surface area contributed by atoms with Gasteiger partial charge in [0.05, 0.1) is 12.5 Å². The van der Waals surface area contributed by atoms with E-state index in [1.54, 1.807) is 30.3 Å². The molecule has 1 atom stereocenters. The zero-order valence-corrected chi connectivity index (χ0v) is 14.8. The molecule has 3 rings (SSSR count). The Balaban J connectivity index is 1.57. The van der Waals surface area contributed by atoms with E-state index < -0.39 is 18.0 Å². The van der Waals surface area contributed by atoms with Gasteiger partial charge in [-0.2, -0.15) is 0 Å². The number of carbonyl (C=O) groups is 3. The third-order valence-corrected chi connectivity index (χ3v) is 4.58. The van der Waals surface area contributed by atoms with Gasteiger partial charge in [-0.3, -0.25) is 20.4 Å². The van der Waals surface area contributed by atoms with E-state index in [2.05, 4.69) is 16.2 Å². The zero-order chi connectivity index (χ0) is 19.2. The number of rotatable bonds is 5. The van der Waals surface area contributed by atoms with Gasteiger partial charge in [-0.15, -0.1) is 0 Å². The van der Waals surface area contributed by atoms with Crippen LogP contribution in [0.15, 0.2) is 48.5 Å². The van der Waals surface area contributed by atoms with Crippen molar-refractivity contribution >= 4 is 17.8 Å². The molecule has 0 fully saturated rings. The van der Waals surface area contributed by atoms with Gasteiger partial charge in [0.2, 0.25) is 5.91 Å². The number of hydrogen-bond donors (Lipinski definition) is 4. The highest BCUT2D eigenvalue weighted by molar-refractivity contribution is 5.95. The molecule has 2 aromatic rings. The summed E-state index contributed by atoms with van der Waals surface area (Å²) in [7, 11) is 0. The van der Waals surface area contributed by atoms with Crippen LogP contribution in [0.2, 0.25) is 0 Å². The van der Waals surface area contributed by atoms with Gasteiger partial charge in [0.1, 0.15) is 0 Å². The fourth-order valence-electron chi connectivity index (χ4n) is 3.26. The van der Waals surface area contributed by atoms with E-state index in [0.29, 0.717) is 5.56 Å². The third-order valence-electron chi connectivity index (χ3n) is 4.58. The van der Waals surface area contributed by atoms with Crippen molar-refractivity contribution in [3.05, 3.63) is 70.8 Å². The van der Waals surface area contributed by atoms with E-state index in [-0.39, 0.29) is 12.3 Å². The number of aryl methyl sites for hydroxylation is 2. The molecule has 1 aliphatic rings. The summed E-state index contributed by atoms with van der Waals surface area (Å²) in [6.07, 6.45) is 3.06. The van der Waals surface area contributed by atoms with Crippen molar-refractivity contribution in [1.29, 1.82) is 0 Å². The van der Waals surface area contributed by atoms with Crippen molar-refractivity contribution in [3.8, 4) is 0 Å². The zero-order valence-electron chi connectivity index (χ0n) is 14.8. The average Bonchev–Trinajstić information content (AvgIpc) is 3.13. The molecule has 4 amide bonds. The van der Waals surface area contributed by atoms with Crippen LogP contribution in [0.25, 0.3) is 0 Å². The monoisotopic (exact) mass is 366 g/mol. The van der Waals surface area contributed by atoms with Crippen LogP contribution in [0.3, 0.4) is 0 Å². The average molecular weight is 366 g/mol. The van der Waals surface area contributed by atoms with Crippen molar-refractivity contribution in [2.24, 2.45) is 5.73 Å². The van der Waals surface area contributed by atoms with Gasteiger partial charge in [-0.25, -0.2) is 4.79 Å². The lowest BCUT2D eigenvalue weighted by molar-refractivity contribution is -0.122. The highest BCUT2D eigenvalue weighted by Crippen LogP contribution is 2.22. The maximum Gasteiger partial charge on any atom is 0.312 e. The highest BCUT2D eigenvalue weighted by Gasteiger charge is 2.18. The second-order valence-corrected chi connectivity index (χ2v) is 6.52. The van der Waals surface area contributed by atoms with Gasteiger partial charge in [0.15, 0.2) is 0 Å². The minimum absolute atomic E-state index is 0.0581. The van der Waals surface area contributed by atoms with Crippen molar-refractivity contribution in [2.75, 3.05) is 0 Å². The standard InChI is InChI=1S/C20H22N4O3/c21-20(27)22-17(14-5-2-1-3-6-14)12-18(25)23-24-19(26)16-10-9-13-7-4-8-15(13)11-16/h1-3,5-6,9-11,17H,4,7-8,12H2,(H,23,25)(H,24,26)(H3,21,22,27)/t17-/m0/s1. The van der Waals surface area contributed by atoms with E-state index in [1.807, 2.05) is 18.2 Å². The lowest BCUT2D eigenvalue weighted by atomic mass is 10.0. The first kappa shape index (κ1) is 18.4. The Hall–Kier alpha value is -3.35. The molecule has 0 aromatic heterocycles. The molecule has 0 radical (unpaired) electrons. The summed E-state index contributed by atoms with van der Waals surface area (Å²) in [5.41, 5.74) is 13.7. The van der Waals surface area contributed by atoms with Crippen LogP contribution in [0, 0.1) is 0 Å². The van der Waals surface area contributed by atoms with Gasteiger partial charge in [0.25, 0.3) is 5.91 Å². The number of carbonyl (C=O) groups excluding carboxylic acids is 3. The van der Waals surface area contributed by atoms with Gasteiger partial charge >= 0.3 is 6.03 Å². The van der Waals surface area contributed by atoms with Crippen LogP contribution in [0.4, 0.5) is 4.79 Å². The molecule has 140 valence electrons. The Morgan fingerprint density at radius 1 is 0.963 bits per heavy atom. The molecule has 0 saturated heterocycles. The van der Waals surface area contributed by atoms with Gasteiger partial charge < -0.3 is 11.1 Å². The van der Waals surface area contributed by atoms with Crippen molar-refractivity contribution in [3.63, 3.8) is 0 Å². The van der Waals surface area contributed by atoms with Crippen molar-refractivity contribution in [1.82, 2.24) is 16.2 Å². The molecule has 1 aliphatic carbocycles. The molecular formula is C20H22N4O3. The van der Waals surface area contributed by atoms with Crippen LogP contribution < -0.4 is 21.9 Å². The molecule has 0 heterocycles. The normalized spacial score (nSPS) is 13.3. The fraction of sp³-hybridized carbons (Fsp3) is 0.250. The Labute approximate surface area is 157 Å². The SMILES string of the molecule is NC(=O)N[C@@H](CC(=O)NNC(=O)c1ccc2c(c1)CCC2)c1ccccc1. The number of nitrogens with one attached hydrogen (secondary N) is 3. The van der Waals surface area contributed by atoms with E-state index in [9.17, 15) is 14.4 Å². The Morgan fingerprint density at radius 3 is 2.44 bits per heavy atom. The number of benzene rings is 2. The molecule has 0 spiro atoms. The smallest absolute Gasteiger partial charge is 0.312 e. The molecule has 2 aromatic carbocycles. The molecule has 5 N–H and O–H groups in total. The van der Waals surface area contributed by atoms with E-state index in [1.165, 1.54) is 11.1 Å². The maximum atomic E-state index is 12.3. The summed E-state index contributed by atoms with van der Waals surface area (Å²) in [6, 6.07) is 13.3. The van der Waals surface area contributed by atoms with Crippen molar-refractivity contribution < 1.29 is 14.4 Å². The highest BCUT2D eigenvalue weighted by atomic mass is 16.2. The van der Waals surface area contributed by atoms with Crippen molar-refractivity contribution in [2.45, 2.75) is 31.7 Å². The summed E-state index contributed by atoms with van der Waals surface area (Å²) < 4.78 is 0. The van der Waals surface area contributed by atoms with E-state index >= 15 is 0 Å². The first-order valence-electron chi connectivity index (χ1n) is 8.85. The second kappa shape index (κ2) is 8.35.